The Morgan fingerprint density at radius 3 is 2.60 bits per heavy atom. The number of nitrogens with one attached hydrogen (secondary N) is 1. The number of likely N-dealkylation sites (N-methyl/N-ethyl adjacent to an activating group) is 1. The Hall–Kier alpha value is -2.82. The van der Waals surface area contributed by atoms with Crippen LogP contribution < -0.4 is 10.1 Å². The van der Waals surface area contributed by atoms with Crippen LogP contribution in [0.15, 0.2) is 48.5 Å². The van der Waals surface area contributed by atoms with Crippen molar-refractivity contribution in [3.05, 3.63) is 65.2 Å². The molecule has 2 amide bonds. The third-order valence-corrected chi connectivity index (χ3v) is 6.54. The van der Waals surface area contributed by atoms with Crippen LogP contribution in [0.1, 0.15) is 47.2 Å². The van der Waals surface area contributed by atoms with E-state index >= 15 is 0 Å². The number of fused-ring (bicyclic) bond motifs is 1. The smallest absolute Gasteiger partial charge is 0.257 e. The molecule has 1 aliphatic heterocycles. The number of aryl methyl sites for hydroxylation is 1. The van der Waals surface area contributed by atoms with Crippen molar-refractivity contribution < 1.29 is 14.3 Å². The van der Waals surface area contributed by atoms with Crippen LogP contribution in [-0.4, -0.2) is 42.5 Å². The maximum absolute atomic E-state index is 12.7. The molecule has 2 aromatic rings. The lowest BCUT2D eigenvalue weighted by atomic mass is 9.78. The number of hydrogen-bond acceptors (Lipinski definition) is 3. The summed E-state index contributed by atoms with van der Waals surface area (Å²) in [5.41, 5.74) is 2.75. The van der Waals surface area contributed by atoms with Gasteiger partial charge in [0.2, 0.25) is 5.91 Å². The Kier molecular flexibility index (Phi) is 5.80. The minimum Gasteiger partial charge on any atom is -0.485 e. The van der Waals surface area contributed by atoms with Gasteiger partial charge in [0, 0.05) is 19.5 Å². The molecular formula is C25H30N2O3. The normalized spacial score (nSPS) is 23.5. The molecule has 1 aliphatic carbocycles. The second-order valence-corrected chi connectivity index (χ2v) is 8.68. The highest BCUT2D eigenvalue weighted by Crippen LogP contribution is 2.39. The molecule has 4 rings (SSSR count). The first-order chi connectivity index (χ1) is 14.5. The summed E-state index contributed by atoms with van der Waals surface area (Å²) in [6.07, 6.45) is 3.95. The molecule has 5 nitrogen and oxygen atoms in total. The van der Waals surface area contributed by atoms with Crippen molar-refractivity contribution >= 4 is 11.8 Å². The second-order valence-electron chi connectivity index (χ2n) is 8.68. The lowest BCUT2D eigenvalue weighted by Crippen LogP contribution is -2.49. The van der Waals surface area contributed by atoms with E-state index in [0.717, 1.165) is 32.1 Å². The molecule has 2 aromatic carbocycles. The Bertz CT molecular complexity index is 931. The molecule has 0 unspecified atom stereocenters. The van der Waals surface area contributed by atoms with Crippen molar-refractivity contribution in [2.24, 2.45) is 5.92 Å². The SMILES string of the molecule is Cc1ccccc1CCNC(=O)C1CCC2(CC1)CN(C)C(=O)c1ccccc1O2. The van der Waals surface area contributed by atoms with E-state index in [1.807, 2.05) is 43.4 Å². The first-order valence-electron chi connectivity index (χ1n) is 10.8. The van der Waals surface area contributed by atoms with Crippen molar-refractivity contribution in [1.29, 1.82) is 0 Å². The summed E-state index contributed by atoms with van der Waals surface area (Å²) >= 11 is 0. The molecular weight excluding hydrogens is 376 g/mol. The maximum Gasteiger partial charge on any atom is 0.257 e. The van der Waals surface area contributed by atoms with Gasteiger partial charge in [-0.1, -0.05) is 36.4 Å². The van der Waals surface area contributed by atoms with Gasteiger partial charge in [0.1, 0.15) is 11.4 Å². The maximum atomic E-state index is 12.7. The topological polar surface area (TPSA) is 58.6 Å². The fraction of sp³-hybridized carbons (Fsp3) is 0.440. The summed E-state index contributed by atoms with van der Waals surface area (Å²) in [7, 11) is 1.83. The number of rotatable bonds is 4. The van der Waals surface area contributed by atoms with Gasteiger partial charge >= 0.3 is 0 Å². The first-order valence-corrected chi connectivity index (χ1v) is 10.8. The molecule has 5 heteroatoms. The van der Waals surface area contributed by atoms with Crippen molar-refractivity contribution in [3.63, 3.8) is 0 Å². The standard InChI is InChI=1S/C25H30N2O3/c1-18-7-3-4-8-19(18)13-16-26-23(28)20-11-14-25(15-12-20)17-27(2)24(29)21-9-5-6-10-22(21)30-25/h3-10,20H,11-17H2,1-2H3,(H,26,28). The van der Waals surface area contributed by atoms with Gasteiger partial charge in [0.05, 0.1) is 12.1 Å². The van der Waals surface area contributed by atoms with Crippen LogP contribution in [0.25, 0.3) is 0 Å². The average molecular weight is 407 g/mol. The molecule has 1 N–H and O–H groups in total. The molecule has 0 saturated heterocycles. The van der Waals surface area contributed by atoms with Gasteiger partial charge in [0.15, 0.2) is 0 Å². The highest BCUT2D eigenvalue weighted by Gasteiger charge is 2.43. The van der Waals surface area contributed by atoms with E-state index in [-0.39, 0.29) is 17.7 Å². The van der Waals surface area contributed by atoms with Crippen molar-refractivity contribution in [1.82, 2.24) is 10.2 Å². The summed E-state index contributed by atoms with van der Waals surface area (Å²) in [4.78, 5) is 27.1. The van der Waals surface area contributed by atoms with Crippen LogP contribution in [0.5, 0.6) is 5.75 Å². The van der Waals surface area contributed by atoms with Crippen molar-refractivity contribution in [2.45, 2.75) is 44.6 Å². The van der Waals surface area contributed by atoms with Crippen molar-refractivity contribution in [3.8, 4) is 5.75 Å². The summed E-state index contributed by atoms with van der Waals surface area (Å²) in [6, 6.07) is 15.8. The Morgan fingerprint density at radius 2 is 1.83 bits per heavy atom. The molecule has 1 fully saturated rings. The molecule has 0 bridgehead atoms. The third-order valence-electron chi connectivity index (χ3n) is 6.54. The van der Waals surface area contributed by atoms with Gasteiger partial charge in [-0.15, -0.1) is 0 Å². The molecule has 0 radical (unpaired) electrons. The zero-order valence-corrected chi connectivity index (χ0v) is 17.8. The number of benzene rings is 2. The van der Waals surface area contributed by atoms with E-state index in [2.05, 4.69) is 24.4 Å². The Labute approximate surface area is 178 Å². The van der Waals surface area contributed by atoms with Gasteiger partial charge in [0.25, 0.3) is 5.91 Å². The van der Waals surface area contributed by atoms with Gasteiger partial charge in [-0.3, -0.25) is 9.59 Å². The van der Waals surface area contributed by atoms with E-state index < -0.39 is 5.60 Å². The van der Waals surface area contributed by atoms with E-state index in [1.54, 1.807) is 4.90 Å². The predicted molar refractivity (Wildman–Crippen MR) is 117 cm³/mol. The van der Waals surface area contributed by atoms with E-state index in [0.29, 0.717) is 24.4 Å². The fourth-order valence-corrected chi connectivity index (χ4v) is 4.73. The summed E-state index contributed by atoms with van der Waals surface area (Å²) in [5.74, 6) is 0.805. The van der Waals surface area contributed by atoms with Crippen LogP contribution in [0.3, 0.4) is 0 Å². The predicted octanol–water partition coefficient (Wildman–Crippen LogP) is 3.75. The number of carbonyl (C=O) groups is 2. The van der Waals surface area contributed by atoms with Gasteiger partial charge in [-0.05, 0) is 62.3 Å². The fourth-order valence-electron chi connectivity index (χ4n) is 4.73. The van der Waals surface area contributed by atoms with Crippen LogP contribution in [0, 0.1) is 12.8 Å². The number of hydrogen-bond donors (Lipinski definition) is 1. The minimum atomic E-state index is -0.408. The molecule has 1 saturated carbocycles. The van der Waals surface area contributed by atoms with Gasteiger partial charge < -0.3 is 15.0 Å². The number of carbonyl (C=O) groups excluding carboxylic acids is 2. The molecule has 2 aliphatic rings. The molecule has 0 atom stereocenters. The number of nitrogens with zero attached hydrogens (tertiary/aromatic N) is 1. The number of amides is 2. The van der Waals surface area contributed by atoms with Crippen LogP contribution in [0.2, 0.25) is 0 Å². The zero-order chi connectivity index (χ0) is 21.1. The molecule has 158 valence electrons. The zero-order valence-electron chi connectivity index (χ0n) is 17.8. The van der Waals surface area contributed by atoms with E-state index in [1.165, 1.54) is 11.1 Å². The third kappa shape index (κ3) is 4.20. The lowest BCUT2D eigenvalue weighted by molar-refractivity contribution is -0.127. The Morgan fingerprint density at radius 1 is 1.13 bits per heavy atom. The first kappa shape index (κ1) is 20.5. The highest BCUT2D eigenvalue weighted by atomic mass is 16.5. The highest BCUT2D eigenvalue weighted by molar-refractivity contribution is 5.97. The number of ether oxygens (including phenoxy) is 1. The van der Waals surface area contributed by atoms with Crippen LogP contribution in [0.4, 0.5) is 0 Å². The average Bonchev–Trinajstić information content (AvgIpc) is 2.84. The number of para-hydroxylation sites is 1. The van der Waals surface area contributed by atoms with Gasteiger partial charge in [-0.2, -0.15) is 0 Å². The monoisotopic (exact) mass is 406 g/mol. The Balaban J connectivity index is 1.34. The van der Waals surface area contributed by atoms with Crippen molar-refractivity contribution in [2.75, 3.05) is 20.1 Å². The van der Waals surface area contributed by atoms with E-state index in [4.69, 9.17) is 4.74 Å². The van der Waals surface area contributed by atoms with Gasteiger partial charge in [-0.25, -0.2) is 0 Å². The lowest BCUT2D eigenvalue weighted by Gasteiger charge is -2.40. The molecule has 30 heavy (non-hydrogen) atoms. The summed E-state index contributed by atoms with van der Waals surface area (Å²) < 4.78 is 6.41. The molecule has 1 spiro atoms. The van der Waals surface area contributed by atoms with Crippen LogP contribution in [-0.2, 0) is 11.2 Å². The summed E-state index contributed by atoms with van der Waals surface area (Å²) in [6.45, 7) is 3.32. The largest absolute Gasteiger partial charge is 0.485 e. The molecule has 1 heterocycles. The summed E-state index contributed by atoms with van der Waals surface area (Å²) in [5, 5.41) is 3.12. The van der Waals surface area contributed by atoms with Crippen LogP contribution >= 0.6 is 0 Å². The molecule has 0 aromatic heterocycles. The second kappa shape index (κ2) is 8.50. The minimum absolute atomic E-state index is 0.00135. The van der Waals surface area contributed by atoms with E-state index in [9.17, 15) is 9.59 Å². The quantitative estimate of drug-likeness (QED) is 0.841.